The van der Waals surface area contributed by atoms with Gasteiger partial charge in [0.2, 0.25) is 0 Å². The molecular formula is C13H12FN2O3. The maximum atomic E-state index is 13.3. The highest BCUT2D eigenvalue weighted by molar-refractivity contribution is 5.76. The van der Waals surface area contributed by atoms with Gasteiger partial charge in [-0.25, -0.2) is 9.07 Å². The summed E-state index contributed by atoms with van der Waals surface area (Å²) in [5.41, 5.74) is 0.630. The lowest BCUT2D eigenvalue weighted by Gasteiger charge is -2.05. The number of nitrogens with zero attached hydrogens (tertiary/aromatic N) is 2. The van der Waals surface area contributed by atoms with Crippen molar-refractivity contribution in [3.05, 3.63) is 35.9 Å². The lowest BCUT2D eigenvalue weighted by Crippen LogP contribution is -1.97. The van der Waals surface area contributed by atoms with Crippen molar-refractivity contribution in [2.45, 2.75) is 6.92 Å². The first-order valence-corrected chi connectivity index (χ1v) is 5.64. The summed E-state index contributed by atoms with van der Waals surface area (Å²) < 4.78 is 24.9. The van der Waals surface area contributed by atoms with Gasteiger partial charge in [0.05, 0.1) is 25.6 Å². The minimum atomic E-state index is -0.467. The van der Waals surface area contributed by atoms with E-state index in [4.69, 9.17) is 9.47 Å². The molecule has 5 nitrogen and oxygen atoms in total. The van der Waals surface area contributed by atoms with E-state index in [9.17, 15) is 9.18 Å². The van der Waals surface area contributed by atoms with Gasteiger partial charge in [0.15, 0.2) is 23.0 Å². The van der Waals surface area contributed by atoms with Gasteiger partial charge in [-0.3, -0.25) is 4.79 Å². The number of hydrogen-bond donors (Lipinski definition) is 0. The zero-order valence-corrected chi connectivity index (χ0v) is 10.5. The number of ether oxygens (including phenoxy) is 2. The van der Waals surface area contributed by atoms with Gasteiger partial charge in [-0.2, -0.15) is 5.10 Å². The predicted octanol–water partition coefficient (Wildman–Crippen LogP) is 1.88. The Morgan fingerprint density at radius 2 is 2.21 bits per heavy atom. The Morgan fingerprint density at radius 1 is 1.42 bits per heavy atom. The van der Waals surface area contributed by atoms with Crippen LogP contribution in [0.4, 0.5) is 4.39 Å². The van der Waals surface area contributed by atoms with Crippen LogP contribution < -0.4 is 9.47 Å². The van der Waals surface area contributed by atoms with Crippen LogP contribution in [-0.4, -0.2) is 29.8 Å². The molecule has 1 aromatic heterocycles. The van der Waals surface area contributed by atoms with E-state index in [0.29, 0.717) is 18.0 Å². The summed E-state index contributed by atoms with van der Waals surface area (Å²) in [6.45, 7) is 2.21. The quantitative estimate of drug-likeness (QED) is 0.826. The molecule has 99 valence electrons. The van der Waals surface area contributed by atoms with Gasteiger partial charge in [0, 0.05) is 6.07 Å². The molecule has 0 fully saturated rings. The standard InChI is InChI=1S/C13H12FN2O3/c1-3-19-13-7-16(15-11(13)8-17)9-4-5-10(14)12(6-9)18-2/h4-7H,3H2,1-2H3. The Bertz CT molecular complexity index is 596. The first-order chi connectivity index (χ1) is 9.19. The maximum absolute atomic E-state index is 13.3. The van der Waals surface area contributed by atoms with E-state index < -0.39 is 5.82 Å². The van der Waals surface area contributed by atoms with Crippen LogP contribution in [0, 0.1) is 5.82 Å². The third-order valence-corrected chi connectivity index (χ3v) is 2.48. The molecule has 1 heterocycles. The fourth-order valence-corrected chi connectivity index (χ4v) is 1.61. The molecule has 0 unspecified atom stereocenters. The number of rotatable bonds is 5. The molecule has 2 rings (SSSR count). The summed E-state index contributed by atoms with van der Waals surface area (Å²) in [6.07, 6.45) is 3.24. The molecule has 0 amide bonds. The van der Waals surface area contributed by atoms with Gasteiger partial charge in [0.25, 0.3) is 6.29 Å². The Balaban J connectivity index is 2.43. The van der Waals surface area contributed by atoms with Crippen molar-refractivity contribution in [2.75, 3.05) is 13.7 Å². The Labute approximate surface area is 109 Å². The number of benzene rings is 1. The van der Waals surface area contributed by atoms with Gasteiger partial charge in [-0.05, 0) is 19.1 Å². The number of carbonyl (C=O) groups excluding carboxylic acids is 1. The zero-order valence-electron chi connectivity index (χ0n) is 10.5. The van der Waals surface area contributed by atoms with Crippen LogP contribution in [-0.2, 0) is 4.79 Å². The van der Waals surface area contributed by atoms with Gasteiger partial charge in [0.1, 0.15) is 0 Å². The lowest BCUT2D eigenvalue weighted by atomic mass is 10.3. The molecule has 0 N–H and O–H groups in total. The van der Waals surface area contributed by atoms with Crippen LogP contribution in [0.3, 0.4) is 0 Å². The molecule has 2 aromatic rings. The molecule has 1 radical (unpaired) electrons. The Morgan fingerprint density at radius 3 is 2.84 bits per heavy atom. The molecule has 19 heavy (non-hydrogen) atoms. The summed E-state index contributed by atoms with van der Waals surface area (Å²) >= 11 is 0. The SMILES string of the molecule is CCOc1cn(-c2ccc(F)c(OC)c2)nc1[C]=O. The molecule has 0 saturated carbocycles. The van der Waals surface area contributed by atoms with Crippen molar-refractivity contribution in [3.63, 3.8) is 0 Å². The summed E-state index contributed by atoms with van der Waals surface area (Å²) in [6, 6.07) is 4.27. The second kappa shape index (κ2) is 5.51. The molecule has 1 aromatic carbocycles. The van der Waals surface area contributed by atoms with E-state index in [0.717, 1.165) is 0 Å². The lowest BCUT2D eigenvalue weighted by molar-refractivity contribution is 0.339. The first kappa shape index (κ1) is 13.1. The second-order valence-electron chi connectivity index (χ2n) is 3.64. The second-order valence-corrected chi connectivity index (χ2v) is 3.64. The highest BCUT2D eigenvalue weighted by atomic mass is 19.1. The average molecular weight is 263 g/mol. The number of methoxy groups -OCH3 is 1. The van der Waals surface area contributed by atoms with Crippen LogP contribution in [0.15, 0.2) is 24.4 Å². The summed E-state index contributed by atoms with van der Waals surface area (Å²) in [4.78, 5) is 10.8. The van der Waals surface area contributed by atoms with Crippen molar-refractivity contribution < 1.29 is 18.7 Å². The third-order valence-electron chi connectivity index (χ3n) is 2.48. The van der Waals surface area contributed by atoms with Crippen LogP contribution in [0.1, 0.15) is 12.6 Å². The monoisotopic (exact) mass is 263 g/mol. The fourth-order valence-electron chi connectivity index (χ4n) is 1.61. The molecule has 0 aliphatic rings. The largest absolute Gasteiger partial charge is 0.494 e. The molecule has 0 spiro atoms. The minimum absolute atomic E-state index is 0.0742. The van der Waals surface area contributed by atoms with Gasteiger partial charge >= 0.3 is 0 Å². The highest BCUT2D eigenvalue weighted by Gasteiger charge is 2.12. The van der Waals surface area contributed by atoms with E-state index in [1.807, 2.05) is 0 Å². The van der Waals surface area contributed by atoms with Crippen molar-refractivity contribution in [2.24, 2.45) is 0 Å². The molecule has 0 atom stereocenters. The van der Waals surface area contributed by atoms with Crippen LogP contribution in [0.25, 0.3) is 5.69 Å². The van der Waals surface area contributed by atoms with E-state index in [1.54, 1.807) is 13.2 Å². The smallest absolute Gasteiger partial charge is 0.259 e. The Hall–Kier alpha value is -2.37. The average Bonchev–Trinajstić information content (AvgIpc) is 2.83. The molecule has 6 heteroatoms. The van der Waals surface area contributed by atoms with Crippen LogP contribution >= 0.6 is 0 Å². The van der Waals surface area contributed by atoms with Crippen molar-refractivity contribution in [1.29, 1.82) is 0 Å². The van der Waals surface area contributed by atoms with Crippen LogP contribution in [0.2, 0.25) is 0 Å². The van der Waals surface area contributed by atoms with Crippen molar-refractivity contribution in [1.82, 2.24) is 9.78 Å². The van der Waals surface area contributed by atoms with Crippen LogP contribution in [0.5, 0.6) is 11.5 Å². The Kier molecular flexibility index (Phi) is 3.79. The van der Waals surface area contributed by atoms with Gasteiger partial charge in [-0.15, -0.1) is 0 Å². The molecule has 0 aliphatic carbocycles. The topological polar surface area (TPSA) is 53.4 Å². The summed E-state index contributed by atoms with van der Waals surface area (Å²) in [5, 5.41) is 4.01. The molecular weight excluding hydrogens is 251 g/mol. The maximum Gasteiger partial charge on any atom is 0.259 e. The number of aromatic nitrogens is 2. The van der Waals surface area contributed by atoms with E-state index in [2.05, 4.69) is 5.10 Å². The third kappa shape index (κ3) is 2.57. The normalized spacial score (nSPS) is 10.3. The molecule has 0 bridgehead atoms. The van der Waals surface area contributed by atoms with Crippen molar-refractivity contribution >= 4 is 6.29 Å². The number of hydrogen-bond acceptors (Lipinski definition) is 4. The highest BCUT2D eigenvalue weighted by Crippen LogP contribution is 2.23. The van der Waals surface area contributed by atoms with Crippen molar-refractivity contribution in [3.8, 4) is 17.2 Å². The number of halogens is 1. The van der Waals surface area contributed by atoms with E-state index in [-0.39, 0.29) is 11.4 Å². The van der Waals surface area contributed by atoms with Gasteiger partial charge < -0.3 is 9.47 Å². The van der Waals surface area contributed by atoms with E-state index >= 15 is 0 Å². The van der Waals surface area contributed by atoms with Gasteiger partial charge in [-0.1, -0.05) is 0 Å². The summed E-state index contributed by atoms with van der Waals surface area (Å²) in [7, 11) is 1.38. The first-order valence-electron chi connectivity index (χ1n) is 5.64. The summed E-state index contributed by atoms with van der Waals surface area (Å²) in [5.74, 6) is -0.0333. The molecule has 0 aliphatic heterocycles. The van der Waals surface area contributed by atoms with E-state index in [1.165, 1.54) is 36.2 Å². The fraction of sp³-hybridized carbons (Fsp3) is 0.231. The molecule has 0 saturated heterocycles. The zero-order chi connectivity index (χ0) is 13.8. The minimum Gasteiger partial charge on any atom is -0.494 e. The predicted molar refractivity (Wildman–Crippen MR) is 66.0 cm³/mol.